The highest BCUT2D eigenvalue weighted by Crippen LogP contribution is 2.17. The van der Waals surface area contributed by atoms with E-state index in [0.717, 1.165) is 45.5 Å². The van der Waals surface area contributed by atoms with E-state index in [1.807, 2.05) is 20.8 Å². The molecule has 0 bridgehead atoms. The predicted octanol–water partition coefficient (Wildman–Crippen LogP) is 1.89. The van der Waals surface area contributed by atoms with Crippen molar-refractivity contribution < 1.29 is 19.0 Å². The second-order valence-electron chi connectivity index (χ2n) is 5.94. The number of hydrogen-bond acceptors (Lipinski definition) is 5. The molecule has 0 aromatic rings. The Morgan fingerprint density at radius 3 is 2.75 bits per heavy atom. The molecule has 0 spiro atoms. The van der Waals surface area contributed by atoms with Crippen molar-refractivity contribution in [2.24, 2.45) is 0 Å². The number of unbranched alkanes of at least 4 members (excludes halogenated alkanes) is 1. The Balaban J connectivity index is 2.25. The SMILES string of the molecule is COC(=O)C(C)(CCCCOC1CCOC1)NC(C)C. The van der Waals surface area contributed by atoms with Gasteiger partial charge >= 0.3 is 5.97 Å². The molecule has 1 aliphatic heterocycles. The van der Waals surface area contributed by atoms with Gasteiger partial charge in [-0.1, -0.05) is 0 Å². The summed E-state index contributed by atoms with van der Waals surface area (Å²) in [6.45, 7) is 8.23. The van der Waals surface area contributed by atoms with Crippen LogP contribution in [-0.2, 0) is 19.0 Å². The number of esters is 1. The quantitative estimate of drug-likeness (QED) is 0.518. The summed E-state index contributed by atoms with van der Waals surface area (Å²) in [6.07, 6.45) is 3.88. The van der Waals surface area contributed by atoms with Crippen molar-refractivity contribution in [2.75, 3.05) is 26.9 Å². The third kappa shape index (κ3) is 5.77. The molecule has 1 fully saturated rings. The van der Waals surface area contributed by atoms with Gasteiger partial charge in [-0.25, -0.2) is 0 Å². The molecule has 0 aromatic carbocycles. The van der Waals surface area contributed by atoms with Gasteiger partial charge in [-0.05, 0) is 46.5 Å². The average molecular weight is 287 g/mol. The zero-order valence-electron chi connectivity index (χ0n) is 13.2. The zero-order valence-corrected chi connectivity index (χ0v) is 13.2. The van der Waals surface area contributed by atoms with Gasteiger partial charge in [0, 0.05) is 19.3 Å². The maximum Gasteiger partial charge on any atom is 0.325 e. The van der Waals surface area contributed by atoms with Crippen molar-refractivity contribution >= 4 is 5.97 Å². The van der Waals surface area contributed by atoms with Gasteiger partial charge < -0.3 is 14.2 Å². The minimum atomic E-state index is -0.612. The molecule has 1 heterocycles. The summed E-state index contributed by atoms with van der Waals surface area (Å²) in [5.74, 6) is -0.198. The molecular formula is C15H29NO4. The van der Waals surface area contributed by atoms with Crippen LogP contribution in [0, 0.1) is 0 Å². The highest BCUT2D eigenvalue weighted by Gasteiger charge is 2.34. The van der Waals surface area contributed by atoms with Crippen molar-refractivity contribution in [1.29, 1.82) is 0 Å². The Morgan fingerprint density at radius 2 is 2.20 bits per heavy atom. The van der Waals surface area contributed by atoms with Crippen LogP contribution in [0.25, 0.3) is 0 Å². The summed E-state index contributed by atoms with van der Waals surface area (Å²) in [6, 6.07) is 0.242. The maximum atomic E-state index is 11.9. The van der Waals surface area contributed by atoms with Crippen LogP contribution < -0.4 is 5.32 Å². The van der Waals surface area contributed by atoms with E-state index >= 15 is 0 Å². The molecule has 1 saturated heterocycles. The molecule has 0 amide bonds. The van der Waals surface area contributed by atoms with E-state index in [2.05, 4.69) is 5.32 Å². The third-order valence-corrected chi connectivity index (χ3v) is 3.56. The topological polar surface area (TPSA) is 56.8 Å². The van der Waals surface area contributed by atoms with Crippen LogP contribution in [-0.4, -0.2) is 50.6 Å². The fourth-order valence-electron chi connectivity index (χ4n) is 2.57. The molecule has 118 valence electrons. The van der Waals surface area contributed by atoms with Gasteiger partial charge in [0.15, 0.2) is 0 Å². The molecule has 2 unspecified atom stereocenters. The van der Waals surface area contributed by atoms with Crippen LogP contribution in [0.2, 0.25) is 0 Å². The van der Waals surface area contributed by atoms with Gasteiger partial charge in [0.25, 0.3) is 0 Å². The number of nitrogens with one attached hydrogen (secondary N) is 1. The zero-order chi connectivity index (χ0) is 15.0. The lowest BCUT2D eigenvalue weighted by molar-refractivity contribution is -0.148. The van der Waals surface area contributed by atoms with E-state index in [1.54, 1.807) is 0 Å². The summed E-state index contributed by atoms with van der Waals surface area (Å²) < 4.78 is 15.9. The molecule has 5 nitrogen and oxygen atoms in total. The molecule has 20 heavy (non-hydrogen) atoms. The molecule has 0 aromatic heterocycles. The van der Waals surface area contributed by atoms with E-state index in [1.165, 1.54) is 7.11 Å². The summed E-state index contributed by atoms with van der Waals surface area (Å²) >= 11 is 0. The van der Waals surface area contributed by atoms with Gasteiger partial charge in [0.2, 0.25) is 0 Å². The molecule has 1 rings (SSSR count). The van der Waals surface area contributed by atoms with Gasteiger partial charge in [0.05, 0.1) is 19.8 Å². The van der Waals surface area contributed by atoms with Crippen LogP contribution in [0.4, 0.5) is 0 Å². The number of carbonyl (C=O) groups excluding carboxylic acids is 1. The fourth-order valence-corrected chi connectivity index (χ4v) is 2.57. The molecule has 2 atom stereocenters. The largest absolute Gasteiger partial charge is 0.468 e. The minimum Gasteiger partial charge on any atom is -0.468 e. The summed E-state index contributed by atoms with van der Waals surface area (Å²) in [4.78, 5) is 11.9. The van der Waals surface area contributed by atoms with Gasteiger partial charge in [-0.15, -0.1) is 0 Å². The Bertz CT molecular complexity index is 290. The van der Waals surface area contributed by atoms with E-state index in [-0.39, 0.29) is 18.1 Å². The van der Waals surface area contributed by atoms with Crippen molar-refractivity contribution in [3.63, 3.8) is 0 Å². The number of methoxy groups -OCH3 is 1. The number of rotatable bonds is 9. The first-order valence-corrected chi connectivity index (χ1v) is 7.53. The minimum absolute atomic E-state index is 0.198. The number of carbonyl (C=O) groups is 1. The lowest BCUT2D eigenvalue weighted by atomic mass is 9.94. The fraction of sp³-hybridized carbons (Fsp3) is 0.933. The standard InChI is InChI=1S/C15H29NO4/c1-12(2)16-15(3,14(17)18-4)8-5-6-9-20-13-7-10-19-11-13/h12-13,16H,5-11H2,1-4H3. The summed E-state index contributed by atoms with van der Waals surface area (Å²) in [5, 5.41) is 3.30. The Labute approximate surface area is 122 Å². The molecule has 5 heteroatoms. The molecule has 1 aliphatic rings. The van der Waals surface area contributed by atoms with E-state index in [9.17, 15) is 4.79 Å². The number of ether oxygens (including phenoxy) is 3. The smallest absolute Gasteiger partial charge is 0.325 e. The van der Waals surface area contributed by atoms with Crippen LogP contribution in [0.3, 0.4) is 0 Å². The van der Waals surface area contributed by atoms with Crippen molar-refractivity contribution in [3.8, 4) is 0 Å². The third-order valence-electron chi connectivity index (χ3n) is 3.56. The highest BCUT2D eigenvalue weighted by molar-refractivity contribution is 5.80. The predicted molar refractivity (Wildman–Crippen MR) is 77.7 cm³/mol. The molecule has 0 aliphatic carbocycles. The molecular weight excluding hydrogens is 258 g/mol. The van der Waals surface area contributed by atoms with Crippen LogP contribution in [0.1, 0.15) is 46.5 Å². The van der Waals surface area contributed by atoms with Gasteiger partial charge in [0.1, 0.15) is 5.54 Å². The maximum absolute atomic E-state index is 11.9. The molecule has 1 N–H and O–H groups in total. The van der Waals surface area contributed by atoms with Gasteiger partial charge in [-0.2, -0.15) is 0 Å². The van der Waals surface area contributed by atoms with E-state index in [0.29, 0.717) is 0 Å². The second-order valence-corrected chi connectivity index (χ2v) is 5.94. The first-order chi connectivity index (χ1) is 9.48. The van der Waals surface area contributed by atoms with E-state index < -0.39 is 5.54 Å². The van der Waals surface area contributed by atoms with Crippen LogP contribution in [0.5, 0.6) is 0 Å². The lowest BCUT2D eigenvalue weighted by Crippen LogP contribution is -2.52. The van der Waals surface area contributed by atoms with Crippen LogP contribution >= 0.6 is 0 Å². The van der Waals surface area contributed by atoms with Crippen molar-refractivity contribution in [3.05, 3.63) is 0 Å². The molecule has 0 saturated carbocycles. The van der Waals surface area contributed by atoms with E-state index in [4.69, 9.17) is 14.2 Å². The first kappa shape index (κ1) is 17.4. The second kappa shape index (κ2) is 8.60. The average Bonchev–Trinajstić information content (AvgIpc) is 2.89. The normalized spacial score (nSPS) is 21.9. The van der Waals surface area contributed by atoms with Crippen molar-refractivity contribution in [2.45, 2.75) is 64.1 Å². The molecule has 0 radical (unpaired) electrons. The van der Waals surface area contributed by atoms with Gasteiger partial charge in [-0.3, -0.25) is 10.1 Å². The first-order valence-electron chi connectivity index (χ1n) is 7.53. The Kier molecular flexibility index (Phi) is 7.48. The lowest BCUT2D eigenvalue weighted by Gasteiger charge is -2.30. The monoisotopic (exact) mass is 287 g/mol. The summed E-state index contributed by atoms with van der Waals surface area (Å²) in [7, 11) is 1.44. The van der Waals surface area contributed by atoms with Crippen LogP contribution in [0.15, 0.2) is 0 Å². The summed E-state index contributed by atoms with van der Waals surface area (Å²) in [5.41, 5.74) is -0.612. The Morgan fingerprint density at radius 1 is 1.45 bits per heavy atom. The van der Waals surface area contributed by atoms with Crippen molar-refractivity contribution in [1.82, 2.24) is 5.32 Å². The Hall–Kier alpha value is -0.650. The highest BCUT2D eigenvalue weighted by atomic mass is 16.5. The number of hydrogen-bond donors (Lipinski definition) is 1.